The lowest BCUT2D eigenvalue weighted by atomic mass is 10.2. The lowest BCUT2D eigenvalue weighted by Crippen LogP contribution is -2.44. The van der Waals surface area contributed by atoms with Gasteiger partial charge >= 0.3 is 0 Å². The number of hydrogen-bond acceptors (Lipinski definition) is 8. The van der Waals surface area contributed by atoms with Crippen LogP contribution in [-0.4, -0.2) is 71.7 Å². The van der Waals surface area contributed by atoms with Gasteiger partial charge in [-0.1, -0.05) is 12.1 Å². The molecular formula is C22H24N10O. The van der Waals surface area contributed by atoms with Crippen molar-refractivity contribution in [2.75, 3.05) is 37.0 Å². The van der Waals surface area contributed by atoms with E-state index in [0.29, 0.717) is 30.8 Å². The maximum atomic E-state index is 5.67. The second kappa shape index (κ2) is 7.55. The summed E-state index contributed by atoms with van der Waals surface area (Å²) >= 11 is 0. The first-order chi connectivity index (χ1) is 16.2. The van der Waals surface area contributed by atoms with Crippen molar-refractivity contribution in [3.63, 3.8) is 0 Å². The molecule has 0 unspecified atom stereocenters. The number of aryl methyl sites for hydroxylation is 1. The van der Waals surface area contributed by atoms with E-state index in [0.717, 1.165) is 34.7 Å². The first kappa shape index (κ1) is 19.7. The number of nitrogens with zero attached hydrogens (tertiary/aromatic N) is 9. The summed E-state index contributed by atoms with van der Waals surface area (Å²) in [6.07, 6.45) is 3.54. The van der Waals surface area contributed by atoms with Gasteiger partial charge in [0, 0.05) is 26.7 Å². The Hall–Kier alpha value is -3.99. The summed E-state index contributed by atoms with van der Waals surface area (Å²) in [5.41, 5.74) is 3.24. The van der Waals surface area contributed by atoms with E-state index in [9.17, 15) is 0 Å². The maximum absolute atomic E-state index is 5.67. The largest absolute Gasteiger partial charge is 0.377 e. The molecule has 4 aromatic heterocycles. The number of ether oxygens (including phenoxy) is 1. The summed E-state index contributed by atoms with van der Waals surface area (Å²) in [5, 5.41) is 7.50. The Bertz CT molecular complexity index is 1460. The predicted molar refractivity (Wildman–Crippen MR) is 125 cm³/mol. The maximum Gasteiger partial charge on any atom is 0.241 e. The second-order valence-electron chi connectivity index (χ2n) is 8.07. The van der Waals surface area contributed by atoms with Crippen LogP contribution in [0.3, 0.4) is 0 Å². The molecule has 0 aliphatic carbocycles. The molecule has 0 saturated carbocycles. The van der Waals surface area contributed by atoms with Gasteiger partial charge < -0.3 is 15.0 Å². The Kier molecular flexibility index (Phi) is 4.50. The van der Waals surface area contributed by atoms with Crippen molar-refractivity contribution >= 4 is 34.0 Å². The van der Waals surface area contributed by atoms with Crippen molar-refractivity contribution in [1.29, 1.82) is 0 Å². The van der Waals surface area contributed by atoms with E-state index >= 15 is 0 Å². The number of benzene rings is 1. The zero-order chi connectivity index (χ0) is 22.5. The van der Waals surface area contributed by atoms with E-state index in [2.05, 4.69) is 22.2 Å². The normalized spacial score (nSPS) is 16.7. The minimum Gasteiger partial charge on any atom is -0.377 e. The van der Waals surface area contributed by atoms with Gasteiger partial charge in [-0.3, -0.25) is 9.25 Å². The molecule has 1 saturated heterocycles. The van der Waals surface area contributed by atoms with Gasteiger partial charge in [0.05, 0.1) is 36.5 Å². The van der Waals surface area contributed by atoms with Crippen LogP contribution in [0.25, 0.3) is 34.0 Å². The van der Waals surface area contributed by atoms with Crippen LogP contribution in [0.4, 0.5) is 11.8 Å². The van der Waals surface area contributed by atoms with Crippen molar-refractivity contribution in [3.8, 4) is 11.8 Å². The Morgan fingerprint density at radius 2 is 2.00 bits per heavy atom. The van der Waals surface area contributed by atoms with Gasteiger partial charge in [0.25, 0.3) is 0 Å². The molecule has 1 aromatic carbocycles. The van der Waals surface area contributed by atoms with E-state index in [1.165, 1.54) is 0 Å². The Morgan fingerprint density at radius 1 is 1.12 bits per heavy atom. The van der Waals surface area contributed by atoms with E-state index in [-0.39, 0.29) is 6.04 Å². The molecule has 1 aliphatic heterocycles. The number of hydrogen-bond donors (Lipinski definition) is 1. The third-order valence-electron chi connectivity index (χ3n) is 6.03. The number of anilines is 2. The van der Waals surface area contributed by atoms with E-state index in [4.69, 9.17) is 24.7 Å². The number of aromatic nitrogens is 8. The van der Waals surface area contributed by atoms with Gasteiger partial charge in [-0.25, -0.2) is 14.5 Å². The molecule has 0 spiro atoms. The molecule has 0 amide bonds. The minimum atomic E-state index is 0.162. The molecule has 1 fully saturated rings. The third-order valence-corrected chi connectivity index (χ3v) is 6.03. The number of para-hydroxylation sites is 2. The Morgan fingerprint density at radius 3 is 2.79 bits per heavy atom. The quantitative estimate of drug-likeness (QED) is 0.450. The van der Waals surface area contributed by atoms with Gasteiger partial charge in [-0.2, -0.15) is 15.1 Å². The van der Waals surface area contributed by atoms with E-state index < -0.39 is 0 Å². The lowest BCUT2D eigenvalue weighted by Gasteiger charge is -2.34. The lowest BCUT2D eigenvalue weighted by molar-refractivity contribution is 0.0986. The Labute approximate surface area is 189 Å². The third kappa shape index (κ3) is 3.04. The monoisotopic (exact) mass is 444 g/mol. The molecule has 11 heteroatoms. The number of imidazole rings is 2. The van der Waals surface area contributed by atoms with Crippen molar-refractivity contribution < 1.29 is 4.74 Å². The predicted octanol–water partition coefficient (Wildman–Crippen LogP) is 2.15. The molecule has 0 bridgehead atoms. The molecule has 0 radical (unpaired) electrons. The number of nitrogens with one attached hydrogen (secondary N) is 1. The van der Waals surface area contributed by atoms with Crippen LogP contribution < -0.4 is 10.2 Å². The first-order valence-corrected chi connectivity index (χ1v) is 10.9. The second-order valence-corrected chi connectivity index (χ2v) is 8.07. The molecule has 1 N–H and O–H groups in total. The van der Waals surface area contributed by atoms with Crippen LogP contribution in [0.5, 0.6) is 0 Å². The molecule has 5 heterocycles. The van der Waals surface area contributed by atoms with Crippen molar-refractivity contribution in [1.82, 2.24) is 38.9 Å². The van der Waals surface area contributed by atoms with Crippen molar-refractivity contribution in [3.05, 3.63) is 42.9 Å². The molecule has 33 heavy (non-hydrogen) atoms. The zero-order valence-corrected chi connectivity index (χ0v) is 18.7. The molecule has 6 rings (SSSR count). The summed E-state index contributed by atoms with van der Waals surface area (Å²) in [7, 11) is 3.75. The highest BCUT2D eigenvalue weighted by molar-refractivity contribution is 5.87. The molecule has 11 nitrogen and oxygen atoms in total. The van der Waals surface area contributed by atoms with Crippen LogP contribution in [0.15, 0.2) is 42.9 Å². The average molecular weight is 445 g/mol. The minimum absolute atomic E-state index is 0.162. The fourth-order valence-corrected chi connectivity index (χ4v) is 4.38. The molecule has 1 aliphatic rings. The molecule has 1 atom stereocenters. The van der Waals surface area contributed by atoms with Gasteiger partial charge in [0.2, 0.25) is 11.9 Å². The first-order valence-electron chi connectivity index (χ1n) is 10.9. The number of fused-ring (bicyclic) bond motifs is 2. The zero-order valence-electron chi connectivity index (χ0n) is 18.7. The van der Waals surface area contributed by atoms with Crippen molar-refractivity contribution in [2.45, 2.75) is 13.0 Å². The van der Waals surface area contributed by atoms with Gasteiger partial charge in [0.1, 0.15) is 12.1 Å². The van der Waals surface area contributed by atoms with Crippen molar-refractivity contribution in [2.24, 2.45) is 7.05 Å². The van der Waals surface area contributed by atoms with Crippen LogP contribution in [0.1, 0.15) is 6.92 Å². The van der Waals surface area contributed by atoms with Crippen LogP contribution in [0, 0.1) is 0 Å². The van der Waals surface area contributed by atoms with Gasteiger partial charge in [-0.05, 0) is 19.1 Å². The summed E-state index contributed by atoms with van der Waals surface area (Å²) < 4.78 is 11.4. The highest BCUT2D eigenvalue weighted by Gasteiger charge is 2.27. The summed E-state index contributed by atoms with van der Waals surface area (Å²) in [6, 6.07) is 10.1. The number of morpholine rings is 1. The van der Waals surface area contributed by atoms with Crippen LogP contribution in [0.2, 0.25) is 0 Å². The highest BCUT2D eigenvalue weighted by atomic mass is 16.5. The smallest absolute Gasteiger partial charge is 0.241 e. The highest BCUT2D eigenvalue weighted by Crippen LogP contribution is 2.30. The molecular weight excluding hydrogens is 420 g/mol. The topological polar surface area (TPSA) is 104 Å². The standard InChI is InChI=1S/C22H24N10O/c1-14-12-33-11-10-30(14)19-18-20(31(13-24-18)17-8-9-25-29(17)3)28-22(27-19)32-16-7-5-4-6-15(16)26-21(32)23-2/h4-9,13-14H,10-12H2,1-3H3,(H,23,26)/t14-/m1/s1. The number of rotatable bonds is 4. The molecule has 168 valence electrons. The fourth-order valence-electron chi connectivity index (χ4n) is 4.38. The fraction of sp³-hybridized carbons (Fsp3) is 0.318. The SMILES string of the molecule is CNc1nc2ccccc2n1-c1nc(N2CCOC[C@H]2C)c2ncn(-c3ccnn3C)c2n1. The summed E-state index contributed by atoms with van der Waals surface area (Å²) in [4.78, 5) is 21.7. The van der Waals surface area contributed by atoms with Gasteiger partial charge in [-0.15, -0.1) is 0 Å². The van der Waals surface area contributed by atoms with E-state index in [1.807, 2.05) is 53.6 Å². The Balaban J connectivity index is 1.66. The summed E-state index contributed by atoms with van der Waals surface area (Å²) in [6.45, 7) is 4.15. The van der Waals surface area contributed by atoms with Gasteiger partial charge in [0.15, 0.2) is 17.0 Å². The average Bonchev–Trinajstić information content (AvgIpc) is 3.54. The van der Waals surface area contributed by atoms with Crippen LogP contribution in [-0.2, 0) is 11.8 Å². The summed E-state index contributed by atoms with van der Waals surface area (Å²) in [5.74, 6) is 2.85. The molecule has 5 aromatic rings. The van der Waals surface area contributed by atoms with E-state index in [1.54, 1.807) is 17.2 Å². The van der Waals surface area contributed by atoms with Crippen LogP contribution >= 0.6 is 0 Å².